The van der Waals surface area contributed by atoms with Crippen molar-refractivity contribution in [2.24, 2.45) is 0 Å². The van der Waals surface area contributed by atoms with Crippen LogP contribution in [0.15, 0.2) is 28.3 Å². The fourth-order valence-electron chi connectivity index (χ4n) is 1.19. The Morgan fingerprint density at radius 3 is 3.00 bits per heavy atom. The Hall–Kier alpha value is -0.940. The quantitative estimate of drug-likeness (QED) is 0.940. The summed E-state index contributed by atoms with van der Waals surface area (Å²) >= 11 is 5.04. The fourth-order valence-corrected chi connectivity index (χ4v) is 2.17. The normalized spacial score (nSPS) is 10.3. The van der Waals surface area contributed by atoms with Crippen LogP contribution in [-0.4, -0.2) is 9.97 Å². The number of anilines is 1. The maximum Gasteiger partial charge on any atom is 0.0898 e. The first-order valence-electron chi connectivity index (χ1n) is 4.49. The molecule has 78 valence electrons. The Kier molecular flexibility index (Phi) is 3.33. The van der Waals surface area contributed by atoms with E-state index in [-0.39, 0.29) is 0 Å². The van der Waals surface area contributed by atoms with E-state index in [1.807, 2.05) is 13.0 Å². The van der Waals surface area contributed by atoms with Gasteiger partial charge in [-0.3, -0.25) is 4.98 Å². The van der Waals surface area contributed by atoms with E-state index in [1.165, 1.54) is 0 Å². The molecule has 0 saturated carbocycles. The van der Waals surface area contributed by atoms with E-state index in [2.05, 4.69) is 36.6 Å². The second-order valence-corrected chi connectivity index (χ2v) is 5.08. The van der Waals surface area contributed by atoms with Crippen molar-refractivity contribution in [2.75, 3.05) is 5.32 Å². The molecular formula is C10H10BrN3S. The Morgan fingerprint density at radius 2 is 2.33 bits per heavy atom. The molecule has 0 unspecified atom stereocenters. The van der Waals surface area contributed by atoms with Crippen LogP contribution in [0.2, 0.25) is 0 Å². The highest BCUT2D eigenvalue weighted by atomic mass is 79.9. The molecule has 3 nitrogen and oxygen atoms in total. The van der Waals surface area contributed by atoms with Gasteiger partial charge < -0.3 is 5.32 Å². The van der Waals surface area contributed by atoms with Gasteiger partial charge in [-0.25, -0.2) is 4.98 Å². The van der Waals surface area contributed by atoms with Crippen LogP contribution in [0, 0.1) is 6.92 Å². The Labute approximate surface area is 101 Å². The highest BCUT2D eigenvalue weighted by molar-refractivity contribution is 9.10. The van der Waals surface area contributed by atoms with Crippen LogP contribution in [0.5, 0.6) is 0 Å². The van der Waals surface area contributed by atoms with Gasteiger partial charge in [-0.2, -0.15) is 0 Å². The third-order valence-electron chi connectivity index (χ3n) is 1.85. The van der Waals surface area contributed by atoms with E-state index in [0.29, 0.717) is 0 Å². The van der Waals surface area contributed by atoms with Gasteiger partial charge in [0.1, 0.15) is 0 Å². The lowest BCUT2D eigenvalue weighted by Crippen LogP contribution is -1.99. The number of rotatable bonds is 3. The molecule has 0 aliphatic heterocycles. The molecule has 0 spiro atoms. The fraction of sp³-hybridized carbons (Fsp3) is 0.200. The first-order valence-corrected chi connectivity index (χ1v) is 6.17. The molecule has 2 heterocycles. The van der Waals surface area contributed by atoms with Gasteiger partial charge in [-0.05, 0) is 28.9 Å². The van der Waals surface area contributed by atoms with E-state index < -0.39 is 0 Å². The smallest absolute Gasteiger partial charge is 0.0898 e. The number of thiazole rings is 1. The number of nitrogens with one attached hydrogen (secondary N) is 1. The molecule has 2 rings (SSSR count). The van der Waals surface area contributed by atoms with Crippen molar-refractivity contribution in [1.82, 2.24) is 9.97 Å². The average Bonchev–Trinajstić information content (AvgIpc) is 2.62. The molecule has 0 amide bonds. The van der Waals surface area contributed by atoms with Crippen LogP contribution in [0.25, 0.3) is 0 Å². The van der Waals surface area contributed by atoms with Crippen LogP contribution < -0.4 is 5.32 Å². The van der Waals surface area contributed by atoms with Crippen molar-refractivity contribution in [1.29, 1.82) is 0 Å². The number of nitrogens with zero attached hydrogens (tertiary/aromatic N) is 2. The summed E-state index contributed by atoms with van der Waals surface area (Å²) in [5.74, 6) is 0. The SMILES string of the molecule is Cc1nc(CNc2cncc(Br)c2)cs1. The molecule has 0 aromatic carbocycles. The minimum atomic E-state index is 0.739. The molecule has 0 fully saturated rings. The zero-order chi connectivity index (χ0) is 10.7. The van der Waals surface area contributed by atoms with E-state index >= 15 is 0 Å². The summed E-state index contributed by atoms with van der Waals surface area (Å²) in [6, 6.07) is 1.99. The Morgan fingerprint density at radius 1 is 1.47 bits per heavy atom. The molecule has 0 aliphatic rings. The second-order valence-electron chi connectivity index (χ2n) is 3.10. The molecule has 0 aliphatic carbocycles. The predicted octanol–water partition coefficient (Wildman–Crippen LogP) is 3.22. The first-order chi connectivity index (χ1) is 7.24. The summed E-state index contributed by atoms with van der Waals surface area (Å²) in [6.07, 6.45) is 3.56. The van der Waals surface area contributed by atoms with Gasteiger partial charge in [-0.1, -0.05) is 0 Å². The molecule has 15 heavy (non-hydrogen) atoms. The van der Waals surface area contributed by atoms with E-state index in [1.54, 1.807) is 23.7 Å². The summed E-state index contributed by atoms with van der Waals surface area (Å²) < 4.78 is 0.974. The maximum atomic E-state index is 4.37. The number of halogens is 1. The average molecular weight is 284 g/mol. The van der Waals surface area contributed by atoms with Crippen molar-refractivity contribution < 1.29 is 0 Å². The molecule has 5 heteroatoms. The molecule has 1 N–H and O–H groups in total. The van der Waals surface area contributed by atoms with Crippen LogP contribution in [-0.2, 0) is 6.54 Å². The topological polar surface area (TPSA) is 37.8 Å². The van der Waals surface area contributed by atoms with Gasteiger partial charge in [0.2, 0.25) is 0 Å². The van der Waals surface area contributed by atoms with Crippen LogP contribution in [0.3, 0.4) is 0 Å². The summed E-state index contributed by atoms with van der Waals surface area (Å²) in [5, 5.41) is 6.43. The summed E-state index contributed by atoms with van der Waals surface area (Å²) in [5.41, 5.74) is 2.06. The van der Waals surface area contributed by atoms with Gasteiger partial charge in [0.05, 0.1) is 29.1 Å². The number of aryl methyl sites for hydroxylation is 1. The predicted molar refractivity (Wildman–Crippen MR) is 66.1 cm³/mol. The molecular weight excluding hydrogens is 274 g/mol. The monoisotopic (exact) mass is 283 g/mol. The number of aromatic nitrogens is 2. The third kappa shape index (κ3) is 3.00. The zero-order valence-electron chi connectivity index (χ0n) is 8.20. The van der Waals surface area contributed by atoms with Gasteiger partial charge in [-0.15, -0.1) is 11.3 Å². The van der Waals surface area contributed by atoms with Crippen molar-refractivity contribution in [2.45, 2.75) is 13.5 Å². The summed E-state index contributed by atoms with van der Waals surface area (Å²) in [7, 11) is 0. The van der Waals surface area contributed by atoms with E-state index in [0.717, 1.165) is 27.4 Å². The lowest BCUT2D eigenvalue weighted by molar-refractivity contribution is 1.05. The highest BCUT2D eigenvalue weighted by Gasteiger charge is 1.98. The van der Waals surface area contributed by atoms with Crippen molar-refractivity contribution >= 4 is 33.0 Å². The molecule has 0 bridgehead atoms. The number of hydrogen-bond donors (Lipinski definition) is 1. The van der Waals surface area contributed by atoms with Gasteiger partial charge in [0, 0.05) is 16.0 Å². The lowest BCUT2D eigenvalue weighted by atomic mass is 10.4. The Balaban J connectivity index is 1.99. The summed E-state index contributed by atoms with van der Waals surface area (Å²) in [6.45, 7) is 2.75. The van der Waals surface area contributed by atoms with Crippen molar-refractivity contribution in [3.8, 4) is 0 Å². The minimum Gasteiger partial charge on any atom is -0.378 e. The standard InChI is InChI=1S/C10H10BrN3S/c1-7-14-10(6-15-7)5-13-9-2-8(11)3-12-4-9/h2-4,6,13H,5H2,1H3. The number of pyridine rings is 1. The summed E-state index contributed by atoms with van der Waals surface area (Å²) in [4.78, 5) is 8.45. The van der Waals surface area contributed by atoms with Gasteiger partial charge in [0.25, 0.3) is 0 Å². The van der Waals surface area contributed by atoms with Gasteiger partial charge >= 0.3 is 0 Å². The van der Waals surface area contributed by atoms with Crippen molar-refractivity contribution in [3.63, 3.8) is 0 Å². The Bertz CT molecular complexity index is 455. The molecule has 2 aromatic heterocycles. The van der Waals surface area contributed by atoms with E-state index in [4.69, 9.17) is 0 Å². The second kappa shape index (κ2) is 4.72. The lowest BCUT2D eigenvalue weighted by Gasteiger charge is -2.03. The van der Waals surface area contributed by atoms with Crippen LogP contribution >= 0.6 is 27.3 Å². The molecule has 0 atom stereocenters. The largest absolute Gasteiger partial charge is 0.378 e. The van der Waals surface area contributed by atoms with Crippen molar-refractivity contribution in [3.05, 3.63) is 39.0 Å². The van der Waals surface area contributed by atoms with Crippen LogP contribution in [0.4, 0.5) is 5.69 Å². The van der Waals surface area contributed by atoms with Gasteiger partial charge in [0.15, 0.2) is 0 Å². The first kappa shape index (κ1) is 10.6. The minimum absolute atomic E-state index is 0.739. The van der Waals surface area contributed by atoms with E-state index in [9.17, 15) is 0 Å². The molecule has 0 radical (unpaired) electrons. The highest BCUT2D eigenvalue weighted by Crippen LogP contribution is 2.15. The number of hydrogen-bond acceptors (Lipinski definition) is 4. The molecule has 0 saturated heterocycles. The zero-order valence-corrected chi connectivity index (χ0v) is 10.6. The van der Waals surface area contributed by atoms with Crippen LogP contribution in [0.1, 0.15) is 10.7 Å². The molecule has 2 aromatic rings. The maximum absolute atomic E-state index is 4.37. The third-order valence-corrected chi connectivity index (χ3v) is 3.10.